The molecule has 1 aliphatic heterocycles. The average molecular weight is 149 g/mol. The highest BCUT2D eigenvalue weighted by Crippen LogP contribution is 1.92. The lowest BCUT2D eigenvalue weighted by Crippen LogP contribution is -2.24. The number of nitrogens with zero attached hydrogens (tertiary/aromatic N) is 1. The molecule has 0 aromatic carbocycles. The van der Waals surface area contributed by atoms with Gasteiger partial charge in [0.15, 0.2) is 0 Å². The van der Waals surface area contributed by atoms with Crippen LogP contribution in [-0.2, 0) is 4.79 Å². The maximum Gasteiger partial charge on any atom is 0.246 e. The van der Waals surface area contributed by atoms with Crippen molar-refractivity contribution in [1.29, 1.82) is 0 Å². The van der Waals surface area contributed by atoms with Crippen LogP contribution in [0.5, 0.6) is 0 Å². The van der Waals surface area contributed by atoms with Gasteiger partial charge in [0.2, 0.25) is 5.91 Å². The van der Waals surface area contributed by atoms with Crippen LogP contribution in [0, 0.1) is 0 Å². The summed E-state index contributed by atoms with van der Waals surface area (Å²) in [5.74, 6) is 0.0428. The molecule has 1 heterocycles. The zero-order valence-electron chi connectivity index (χ0n) is 6.53. The van der Waals surface area contributed by atoms with Gasteiger partial charge < -0.3 is 4.90 Å². The lowest BCUT2D eigenvalue weighted by Gasteiger charge is -2.10. The Balaban J connectivity index is 2.73. The Hall–Kier alpha value is -1.31. The van der Waals surface area contributed by atoms with Crippen LogP contribution in [0.4, 0.5) is 0 Å². The first kappa shape index (κ1) is 7.79. The molecule has 0 fully saturated rings. The Labute approximate surface area is 66.5 Å². The molecular formula is C9H11NO. The number of amides is 1. The Morgan fingerprint density at radius 1 is 1.27 bits per heavy atom. The first-order valence-electron chi connectivity index (χ1n) is 3.55. The molecule has 0 aromatic heterocycles. The van der Waals surface area contributed by atoms with Crippen molar-refractivity contribution in [1.82, 2.24) is 4.90 Å². The number of hydrogen-bond acceptors (Lipinski definition) is 1. The number of rotatable bonds is 0. The maximum atomic E-state index is 11.1. The van der Waals surface area contributed by atoms with Gasteiger partial charge in [-0.3, -0.25) is 4.79 Å². The number of hydrogen-bond donors (Lipinski definition) is 0. The molecule has 1 rings (SSSR count). The maximum absolute atomic E-state index is 11.1. The van der Waals surface area contributed by atoms with E-state index in [0.29, 0.717) is 6.54 Å². The molecule has 0 bridgehead atoms. The molecule has 0 spiro atoms. The average Bonchev–Trinajstić information content (AvgIpc) is 2.07. The number of carbonyl (C=O) groups excluding carboxylic acids is 1. The highest BCUT2D eigenvalue weighted by atomic mass is 16.2. The van der Waals surface area contributed by atoms with Crippen LogP contribution in [-0.4, -0.2) is 24.4 Å². The van der Waals surface area contributed by atoms with Gasteiger partial charge in [-0.1, -0.05) is 30.4 Å². The molecule has 2 heteroatoms. The standard InChI is InChI=1S/C9H11NO/c1-10-8-6-4-2-3-5-7-9(10)11/h2-7H,8H2,1H3/b3-2-,6-4+,7-5+. The molecule has 0 atom stereocenters. The minimum Gasteiger partial charge on any atom is -0.338 e. The molecule has 0 saturated heterocycles. The van der Waals surface area contributed by atoms with Gasteiger partial charge in [0.1, 0.15) is 0 Å². The first-order chi connectivity index (χ1) is 5.30. The van der Waals surface area contributed by atoms with Gasteiger partial charge >= 0.3 is 0 Å². The van der Waals surface area contributed by atoms with E-state index in [-0.39, 0.29) is 5.91 Å². The summed E-state index contributed by atoms with van der Waals surface area (Å²) in [5.41, 5.74) is 0. The lowest BCUT2D eigenvalue weighted by molar-refractivity contribution is -0.124. The molecule has 0 aliphatic carbocycles. The van der Waals surface area contributed by atoms with Crippen molar-refractivity contribution in [3.8, 4) is 0 Å². The third-order valence-corrected chi connectivity index (χ3v) is 1.46. The third kappa shape index (κ3) is 2.42. The van der Waals surface area contributed by atoms with E-state index in [9.17, 15) is 4.79 Å². The molecule has 11 heavy (non-hydrogen) atoms. The molecule has 0 N–H and O–H groups in total. The minimum absolute atomic E-state index is 0.0428. The van der Waals surface area contributed by atoms with Gasteiger partial charge in [-0.25, -0.2) is 0 Å². The summed E-state index contributed by atoms with van der Waals surface area (Å²) in [5, 5.41) is 0. The molecule has 0 unspecified atom stereocenters. The molecule has 0 saturated carbocycles. The fraction of sp³-hybridized carbons (Fsp3) is 0.222. The Morgan fingerprint density at radius 2 is 2.00 bits per heavy atom. The molecule has 0 aromatic rings. The molecular weight excluding hydrogens is 138 g/mol. The fourth-order valence-electron chi connectivity index (χ4n) is 0.781. The highest BCUT2D eigenvalue weighted by Gasteiger charge is 2.00. The van der Waals surface area contributed by atoms with E-state index < -0.39 is 0 Å². The van der Waals surface area contributed by atoms with Gasteiger partial charge in [-0.05, 0) is 0 Å². The second-order valence-electron chi connectivity index (χ2n) is 2.39. The molecule has 58 valence electrons. The Kier molecular flexibility index (Phi) is 2.66. The van der Waals surface area contributed by atoms with Crippen LogP contribution in [0.25, 0.3) is 0 Å². The van der Waals surface area contributed by atoms with Crippen molar-refractivity contribution in [2.75, 3.05) is 13.6 Å². The largest absolute Gasteiger partial charge is 0.338 e. The topological polar surface area (TPSA) is 20.3 Å². The summed E-state index contributed by atoms with van der Waals surface area (Å²) in [6.07, 6.45) is 10.9. The van der Waals surface area contributed by atoms with Crippen LogP contribution in [0.2, 0.25) is 0 Å². The van der Waals surface area contributed by atoms with Crippen molar-refractivity contribution in [3.63, 3.8) is 0 Å². The molecule has 0 radical (unpaired) electrons. The molecule has 1 aliphatic rings. The van der Waals surface area contributed by atoms with E-state index in [1.54, 1.807) is 24.1 Å². The van der Waals surface area contributed by atoms with Gasteiger partial charge in [-0.2, -0.15) is 0 Å². The van der Waals surface area contributed by atoms with Crippen LogP contribution < -0.4 is 0 Å². The number of allylic oxidation sites excluding steroid dienone is 4. The second-order valence-corrected chi connectivity index (χ2v) is 2.39. The van der Waals surface area contributed by atoms with E-state index in [1.165, 1.54) is 0 Å². The zero-order valence-corrected chi connectivity index (χ0v) is 6.53. The predicted octanol–water partition coefficient (Wildman–Crippen LogP) is 1.13. The van der Waals surface area contributed by atoms with E-state index in [1.807, 2.05) is 24.3 Å². The summed E-state index contributed by atoms with van der Waals surface area (Å²) >= 11 is 0. The summed E-state index contributed by atoms with van der Waals surface area (Å²) < 4.78 is 0. The SMILES string of the molecule is CN1C/C=C/C=C\C=C\C1=O. The number of carbonyl (C=O) groups is 1. The summed E-state index contributed by atoms with van der Waals surface area (Å²) in [4.78, 5) is 12.7. The predicted molar refractivity (Wildman–Crippen MR) is 45.1 cm³/mol. The molecule has 1 amide bonds. The number of likely N-dealkylation sites (N-methyl/N-ethyl adjacent to an activating group) is 1. The zero-order chi connectivity index (χ0) is 8.10. The normalized spacial score (nSPS) is 26.6. The second kappa shape index (κ2) is 3.76. The van der Waals surface area contributed by atoms with Crippen molar-refractivity contribution in [2.24, 2.45) is 0 Å². The summed E-state index contributed by atoms with van der Waals surface area (Å²) in [6.45, 7) is 0.674. The van der Waals surface area contributed by atoms with Crippen molar-refractivity contribution < 1.29 is 4.79 Å². The van der Waals surface area contributed by atoms with Gasteiger partial charge in [0.05, 0.1) is 0 Å². The Morgan fingerprint density at radius 3 is 2.82 bits per heavy atom. The van der Waals surface area contributed by atoms with Gasteiger partial charge in [0.25, 0.3) is 0 Å². The smallest absolute Gasteiger partial charge is 0.246 e. The van der Waals surface area contributed by atoms with E-state index >= 15 is 0 Å². The van der Waals surface area contributed by atoms with Crippen LogP contribution in [0.15, 0.2) is 36.5 Å². The van der Waals surface area contributed by atoms with E-state index in [0.717, 1.165) is 0 Å². The Bertz CT molecular complexity index is 226. The van der Waals surface area contributed by atoms with Crippen LogP contribution in [0.3, 0.4) is 0 Å². The van der Waals surface area contributed by atoms with Crippen molar-refractivity contribution in [2.45, 2.75) is 0 Å². The van der Waals surface area contributed by atoms with E-state index in [4.69, 9.17) is 0 Å². The van der Waals surface area contributed by atoms with Crippen molar-refractivity contribution in [3.05, 3.63) is 36.5 Å². The van der Waals surface area contributed by atoms with Crippen LogP contribution in [0.1, 0.15) is 0 Å². The minimum atomic E-state index is 0.0428. The monoisotopic (exact) mass is 149 g/mol. The quantitative estimate of drug-likeness (QED) is 0.505. The lowest BCUT2D eigenvalue weighted by atomic mass is 10.4. The van der Waals surface area contributed by atoms with E-state index in [2.05, 4.69) is 0 Å². The third-order valence-electron chi connectivity index (χ3n) is 1.46. The van der Waals surface area contributed by atoms with Gasteiger partial charge in [-0.15, -0.1) is 0 Å². The van der Waals surface area contributed by atoms with Gasteiger partial charge in [0, 0.05) is 19.7 Å². The summed E-state index contributed by atoms with van der Waals surface area (Å²) in [6, 6.07) is 0. The summed E-state index contributed by atoms with van der Waals surface area (Å²) in [7, 11) is 1.78. The molecule has 2 nitrogen and oxygen atoms in total. The highest BCUT2D eigenvalue weighted by molar-refractivity contribution is 5.87. The van der Waals surface area contributed by atoms with Crippen LogP contribution >= 0.6 is 0 Å². The first-order valence-corrected chi connectivity index (χ1v) is 3.55. The van der Waals surface area contributed by atoms with Crippen molar-refractivity contribution >= 4 is 5.91 Å². The fourth-order valence-corrected chi connectivity index (χ4v) is 0.781.